The number of anilines is 1. The Morgan fingerprint density at radius 3 is 2.95 bits per heavy atom. The van der Waals surface area contributed by atoms with Gasteiger partial charge in [0.05, 0.1) is 28.7 Å². The number of ether oxygens (including phenoxy) is 1. The lowest BCUT2D eigenvalue weighted by Gasteiger charge is -2.07. The lowest BCUT2D eigenvalue weighted by Crippen LogP contribution is -2.03. The largest absolute Gasteiger partial charge is 0.477 e. The van der Waals surface area contributed by atoms with Gasteiger partial charge >= 0.3 is 0 Å². The van der Waals surface area contributed by atoms with Crippen LogP contribution in [-0.4, -0.2) is 21.6 Å². The van der Waals surface area contributed by atoms with E-state index in [1.807, 2.05) is 30.6 Å². The third kappa shape index (κ3) is 2.55. The van der Waals surface area contributed by atoms with Gasteiger partial charge in [-0.05, 0) is 25.1 Å². The zero-order valence-electron chi connectivity index (χ0n) is 11.0. The van der Waals surface area contributed by atoms with Crippen molar-refractivity contribution in [3.63, 3.8) is 0 Å². The summed E-state index contributed by atoms with van der Waals surface area (Å²) < 4.78 is 5.77. The quantitative estimate of drug-likeness (QED) is 0.746. The zero-order chi connectivity index (χ0) is 13.9. The number of thiazole rings is 1. The van der Waals surface area contributed by atoms with Crippen LogP contribution < -0.4 is 10.5 Å². The topological polar surface area (TPSA) is 73.9 Å². The van der Waals surface area contributed by atoms with Gasteiger partial charge in [-0.1, -0.05) is 0 Å². The molecule has 0 fully saturated rings. The molecule has 6 heteroatoms. The second-order valence-electron chi connectivity index (χ2n) is 4.41. The third-order valence-electron chi connectivity index (χ3n) is 3.04. The van der Waals surface area contributed by atoms with Crippen molar-refractivity contribution in [2.75, 3.05) is 12.3 Å². The first-order valence-corrected chi connectivity index (χ1v) is 7.14. The van der Waals surface area contributed by atoms with Gasteiger partial charge in [-0.2, -0.15) is 0 Å². The second kappa shape index (κ2) is 5.42. The summed E-state index contributed by atoms with van der Waals surface area (Å²) in [6, 6.07) is 5.53. The van der Waals surface area contributed by atoms with Crippen LogP contribution in [0.1, 0.15) is 10.6 Å². The smallest absolute Gasteiger partial charge is 0.224 e. The third-order valence-corrected chi connectivity index (χ3v) is 4.03. The lowest BCUT2D eigenvalue weighted by molar-refractivity contribution is 0.314. The van der Waals surface area contributed by atoms with Crippen molar-refractivity contribution < 1.29 is 4.74 Å². The molecular formula is C14H14N4OS. The minimum Gasteiger partial charge on any atom is -0.477 e. The summed E-state index contributed by atoms with van der Waals surface area (Å²) in [4.78, 5) is 13.9. The van der Waals surface area contributed by atoms with Crippen molar-refractivity contribution in [1.29, 1.82) is 0 Å². The van der Waals surface area contributed by atoms with Gasteiger partial charge in [-0.15, -0.1) is 11.3 Å². The van der Waals surface area contributed by atoms with Crippen LogP contribution in [0.25, 0.3) is 10.9 Å². The summed E-state index contributed by atoms with van der Waals surface area (Å²) in [5.74, 6) is 0.595. The molecule has 0 aliphatic rings. The number of rotatable bonds is 4. The Kier molecular flexibility index (Phi) is 3.47. The van der Waals surface area contributed by atoms with Crippen LogP contribution in [0.4, 0.5) is 5.69 Å². The summed E-state index contributed by atoms with van der Waals surface area (Å²) in [7, 11) is 0. The molecule has 1 aromatic carbocycles. The van der Waals surface area contributed by atoms with Crippen molar-refractivity contribution in [2.24, 2.45) is 0 Å². The van der Waals surface area contributed by atoms with Crippen LogP contribution in [0.2, 0.25) is 0 Å². The van der Waals surface area contributed by atoms with E-state index in [9.17, 15) is 0 Å². The summed E-state index contributed by atoms with van der Waals surface area (Å²) in [6.45, 7) is 2.58. The average Bonchev–Trinajstić information content (AvgIpc) is 2.84. The molecule has 102 valence electrons. The molecule has 0 amide bonds. The summed E-state index contributed by atoms with van der Waals surface area (Å²) in [6.07, 6.45) is 2.33. The van der Waals surface area contributed by atoms with Crippen molar-refractivity contribution in [3.05, 3.63) is 40.6 Å². The Bertz CT molecular complexity index is 741. The Morgan fingerprint density at radius 1 is 1.25 bits per heavy atom. The summed E-state index contributed by atoms with van der Waals surface area (Å²) in [5.41, 5.74) is 10.1. The highest BCUT2D eigenvalue weighted by Gasteiger charge is 2.06. The zero-order valence-corrected chi connectivity index (χ0v) is 11.9. The predicted octanol–water partition coefficient (Wildman–Crippen LogP) is 2.60. The Labute approximate surface area is 120 Å². The number of aromatic nitrogens is 3. The van der Waals surface area contributed by atoms with Gasteiger partial charge in [0.15, 0.2) is 0 Å². The first-order chi connectivity index (χ1) is 9.74. The molecule has 0 saturated heterocycles. The van der Waals surface area contributed by atoms with Gasteiger partial charge in [0, 0.05) is 17.0 Å². The molecule has 0 spiro atoms. The van der Waals surface area contributed by atoms with E-state index in [1.165, 1.54) is 11.2 Å². The van der Waals surface area contributed by atoms with E-state index in [0.717, 1.165) is 23.0 Å². The Morgan fingerprint density at radius 2 is 2.15 bits per heavy atom. The Balaban J connectivity index is 1.76. The highest BCUT2D eigenvalue weighted by molar-refractivity contribution is 7.09. The summed E-state index contributed by atoms with van der Waals surface area (Å²) >= 11 is 1.65. The van der Waals surface area contributed by atoms with Crippen molar-refractivity contribution >= 4 is 27.9 Å². The minimum absolute atomic E-state index is 0.569. The molecule has 2 heterocycles. The molecule has 3 aromatic rings. The fourth-order valence-electron chi connectivity index (χ4n) is 1.97. The molecule has 0 saturated carbocycles. The van der Waals surface area contributed by atoms with Crippen LogP contribution in [0.5, 0.6) is 5.88 Å². The van der Waals surface area contributed by atoms with Gasteiger partial charge in [-0.25, -0.2) is 15.0 Å². The van der Waals surface area contributed by atoms with Crippen LogP contribution in [0.15, 0.2) is 30.0 Å². The van der Waals surface area contributed by atoms with Gasteiger partial charge in [0.1, 0.15) is 6.33 Å². The summed E-state index contributed by atoms with van der Waals surface area (Å²) in [5, 5.41) is 0.878. The number of nitrogens with zero attached hydrogens (tertiary/aromatic N) is 3. The number of benzene rings is 1. The van der Waals surface area contributed by atoms with Crippen molar-refractivity contribution in [2.45, 2.75) is 13.3 Å². The molecule has 0 aliphatic heterocycles. The van der Waals surface area contributed by atoms with Crippen LogP contribution in [-0.2, 0) is 6.42 Å². The van der Waals surface area contributed by atoms with Gasteiger partial charge in [0.25, 0.3) is 0 Å². The van der Waals surface area contributed by atoms with Crippen LogP contribution >= 0.6 is 11.3 Å². The number of fused-ring (bicyclic) bond motifs is 1. The van der Waals surface area contributed by atoms with E-state index in [4.69, 9.17) is 10.5 Å². The van der Waals surface area contributed by atoms with Crippen molar-refractivity contribution in [1.82, 2.24) is 15.0 Å². The van der Waals surface area contributed by atoms with Gasteiger partial charge in [0.2, 0.25) is 5.88 Å². The normalized spacial score (nSPS) is 10.8. The van der Waals surface area contributed by atoms with Crippen molar-refractivity contribution in [3.8, 4) is 5.88 Å². The molecule has 2 aromatic heterocycles. The highest BCUT2D eigenvalue weighted by Crippen LogP contribution is 2.23. The molecule has 0 bridgehead atoms. The van der Waals surface area contributed by atoms with Gasteiger partial charge in [-0.3, -0.25) is 0 Å². The van der Waals surface area contributed by atoms with Crippen LogP contribution in [0.3, 0.4) is 0 Å². The fraction of sp³-hybridized carbons (Fsp3) is 0.214. The van der Waals surface area contributed by atoms with Gasteiger partial charge < -0.3 is 10.5 Å². The van der Waals surface area contributed by atoms with E-state index in [-0.39, 0.29) is 0 Å². The van der Waals surface area contributed by atoms with E-state index in [2.05, 4.69) is 15.0 Å². The SMILES string of the molecule is Cc1ncsc1CCOc1ncnc2cc(N)ccc12. The lowest BCUT2D eigenvalue weighted by atomic mass is 10.2. The number of aryl methyl sites for hydroxylation is 1. The first kappa shape index (κ1) is 12.8. The van der Waals surface area contributed by atoms with E-state index in [0.29, 0.717) is 18.2 Å². The number of nitrogens with two attached hydrogens (primary N) is 1. The van der Waals surface area contributed by atoms with E-state index < -0.39 is 0 Å². The van der Waals surface area contributed by atoms with E-state index >= 15 is 0 Å². The molecule has 3 rings (SSSR count). The van der Waals surface area contributed by atoms with Crippen LogP contribution in [0, 0.1) is 6.92 Å². The number of hydrogen-bond acceptors (Lipinski definition) is 6. The highest BCUT2D eigenvalue weighted by atomic mass is 32.1. The molecule has 0 radical (unpaired) electrons. The number of hydrogen-bond donors (Lipinski definition) is 1. The molecule has 0 atom stereocenters. The minimum atomic E-state index is 0.569. The monoisotopic (exact) mass is 286 g/mol. The maximum absolute atomic E-state index is 5.77. The fourth-order valence-corrected chi connectivity index (χ4v) is 2.73. The molecule has 2 N–H and O–H groups in total. The molecule has 0 aliphatic carbocycles. The first-order valence-electron chi connectivity index (χ1n) is 6.26. The molecule has 5 nitrogen and oxygen atoms in total. The second-order valence-corrected chi connectivity index (χ2v) is 5.35. The predicted molar refractivity (Wildman–Crippen MR) is 80.0 cm³/mol. The maximum atomic E-state index is 5.77. The Hall–Kier alpha value is -2.21. The molecular weight excluding hydrogens is 272 g/mol. The molecule has 20 heavy (non-hydrogen) atoms. The standard InChI is InChI=1S/C14H14N4OS/c1-9-13(20-8-18-9)4-5-19-14-11-3-2-10(15)6-12(11)16-7-17-14/h2-3,6-8H,4-5,15H2,1H3. The number of nitrogen functional groups attached to an aromatic ring is 1. The average molecular weight is 286 g/mol. The van der Waals surface area contributed by atoms with E-state index in [1.54, 1.807) is 11.3 Å². The molecule has 0 unspecified atom stereocenters. The maximum Gasteiger partial charge on any atom is 0.224 e.